The van der Waals surface area contributed by atoms with E-state index in [-0.39, 0.29) is 4.90 Å². The summed E-state index contributed by atoms with van der Waals surface area (Å²) in [7, 11) is -1.42. The number of carbonyl (C=O) groups is 1. The fourth-order valence-corrected chi connectivity index (χ4v) is 3.31. The molecule has 2 rings (SSSR count). The summed E-state index contributed by atoms with van der Waals surface area (Å²) in [6.45, 7) is 0. The Morgan fingerprint density at radius 1 is 1.04 bits per heavy atom. The Hall–Kier alpha value is -2.51. The molecule has 6 nitrogen and oxygen atoms in total. The van der Waals surface area contributed by atoms with Crippen LogP contribution < -0.4 is 10.1 Å². The van der Waals surface area contributed by atoms with Crippen LogP contribution >= 0.6 is 11.6 Å². The lowest BCUT2D eigenvalue weighted by Gasteiger charge is -2.09. The highest BCUT2D eigenvalue weighted by molar-refractivity contribution is 7.96. The SMILES string of the molecule is COC(=O)C(=CNc1ccc(OC)cc1)S(=O)(=O)c1ccc(Cl)cc1. The Morgan fingerprint density at radius 3 is 2.16 bits per heavy atom. The molecular formula is C17H16ClNO5S. The van der Waals surface area contributed by atoms with Crippen LogP contribution in [0.1, 0.15) is 0 Å². The smallest absolute Gasteiger partial charge is 0.351 e. The number of esters is 1. The fraction of sp³-hybridized carbons (Fsp3) is 0.118. The van der Waals surface area contributed by atoms with Crippen LogP contribution in [0.2, 0.25) is 5.02 Å². The van der Waals surface area contributed by atoms with E-state index in [1.807, 2.05) is 0 Å². The predicted molar refractivity (Wildman–Crippen MR) is 95.4 cm³/mol. The number of benzene rings is 2. The zero-order valence-corrected chi connectivity index (χ0v) is 15.1. The zero-order valence-electron chi connectivity index (χ0n) is 13.5. The topological polar surface area (TPSA) is 81.7 Å². The molecule has 0 spiro atoms. The quantitative estimate of drug-likeness (QED) is 0.611. The van der Waals surface area contributed by atoms with Gasteiger partial charge in [0.15, 0.2) is 4.91 Å². The van der Waals surface area contributed by atoms with E-state index in [4.69, 9.17) is 16.3 Å². The minimum absolute atomic E-state index is 0.0647. The van der Waals surface area contributed by atoms with Gasteiger partial charge >= 0.3 is 5.97 Å². The van der Waals surface area contributed by atoms with Gasteiger partial charge in [-0.1, -0.05) is 11.6 Å². The Labute approximate surface area is 150 Å². The van der Waals surface area contributed by atoms with E-state index in [1.54, 1.807) is 24.3 Å². The molecule has 25 heavy (non-hydrogen) atoms. The number of carbonyl (C=O) groups excluding carboxylic acids is 1. The lowest BCUT2D eigenvalue weighted by atomic mass is 10.3. The molecule has 0 aromatic heterocycles. The third-order valence-electron chi connectivity index (χ3n) is 3.26. The van der Waals surface area contributed by atoms with E-state index in [0.717, 1.165) is 13.3 Å². The van der Waals surface area contributed by atoms with Gasteiger partial charge in [-0.3, -0.25) is 0 Å². The molecule has 0 saturated heterocycles. The van der Waals surface area contributed by atoms with Crippen LogP contribution in [-0.2, 0) is 19.4 Å². The molecule has 0 unspecified atom stereocenters. The molecule has 0 radical (unpaired) electrons. The summed E-state index contributed by atoms with van der Waals surface area (Å²) >= 11 is 5.77. The highest BCUT2D eigenvalue weighted by Crippen LogP contribution is 2.23. The summed E-state index contributed by atoms with van der Waals surface area (Å²) in [5.41, 5.74) is 0.577. The van der Waals surface area contributed by atoms with Gasteiger partial charge in [-0.15, -0.1) is 0 Å². The van der Waals surface area contributed by atoms with Gasteiger partial charge in [-0.25, -0.2) is 13.2 Å². The average Bonchev–Trinajstić information content (AvgIpc) is 2.62. The maximum atomic E-state index is 12.7. The van der Waals surface area contributed by atoms with Gasteiger partial charge in [-0.2, -0.15) is 0 Å². The second-order valence-corrected chi connectivity index (χ2v) is 7.18. The van der Waals surface area contributed by atoms with E-state index >= 15 is 0 Å². The molecule has 0 fully saturated rings. The van der Waals surface area contributed by atoms with E-state index in [0.29, 0.717) is 16.5 Å². The molecule has 0 aliphatic carbocycles. The van der Waals surface area contributed by atoms with Crippen molar-refractivity contribution in [3.63, 3.8) is 0 Å². The summed E-state index contributed by atoms with van der Waals surface area (Å²) < 4.78 is 35.0. The second kappa shape index (κ2) is 8.04. The summed E-state index contributed by atoms with van der Waals surface area (Å²) in [6, 6.07) is 12.3. The van der Waals surface area contributed by atoms with Crippen molar-refractivity contribution in [2.45, 2.75) is 4.90 Å². The van der Waals surface area contributed by atoms with Crippen molar-refractivity contribution < 1.29 is 22.7 Å². The number of hydrogen-bond acceptors (Lipinski definition) is 6. The average molecular weight is 382 g/mol. The standard InChI is InChI=1S/C17H16ClNO5S/c1-23-14-7-5-13(6-8-14)19-11-16(17(20)24-2)25(21,22)15-9-3-12(18)4-10-15/h3-11,19H,1-2H3. The Morgan fingerprint density at radius 2 is 1.64 bits per heavy atom. The summed E-state index contributed by atoms with van der Waals surface area (Å²) in [4.78, 5) is 11.4. The summed E-state index contributed by atoms with van der Waals surface area (Å²) in [5, 5.41) is 3.16. The Kier molecular flexibility index (Phi) is 6.06. The van der Waals surface area contributed by atoms with E-state index < -0.39 is 20.7 Å². The number of hydrogen-bond donors (Lipinski definition) is 1. The van der Waals surface area contributed by atoms with Crippen LogP contribution in [0.15, 0.2) is 64.5 Å². The molecule has 132 valence electrons. The Balaban J connectivity index is 2.37. The maximum Gasteiger partial charge on any atom is 0.351 e. The van der Waals surface area contributed by atoms with Gasteiger partial charge in [-0.05, 0) is 48.5 Å². The van der Waals surface area contributed by atoms with Crippen molar-refractivity contribution in [3.8, 4) is 5.75 Å². The zero-order chi connectivity index (χ0) is 18.4. The van der Waals surface area contributed by atoms with Crippen LogP contribution in [0.3, 0.4) is 0 Å². The highest BCUT2D eigenvalue weighted by atomic mass is 35.5. The number of nitrogens with one attached hydrogen (secondary N) is 1. The normalized spacial score (nSPS) is 11.7. The van der Waals surface area contributed by atoms with Crippen LogP contribution in [0.25, 0.3) is 0 Å². The van der Waals surface area contributed by atoms with E-state index in [9.17, 15) is 13.2 Å². The van der Waals surface area contributed by atoms with Crippen molar-refractivity contribution in [1.29, 1.82) is 0 Å². The van der Waals surface area contributed by atoms with Gasteiger partial charge in [0.1, 0.15) is 5.75 Å². The monoisotopic (exact) mass is 381 g/mol. The lowest BCUT2D eigenvalue weighted by molar-refractivity contribution is -0.135. The maximum absolute atomic E-state index is 12.7. The minimum atomic E-state index is -4.07. The molecule has 1 N–H and O–H groups in total. The molecule has 0 bridgehead atoms. The van der Waals surface area contributed by atoms with Crippen LogP contribution in [0.5, 0.6) is 5.75 Å². The molecule has 2 aromatic rings. The number of sulfone groups is 1. The molecule has 0 aliphatic rings. The number of ether oxygens (including phenoxy) is 2. The summed E-state index contributed by atoms with van der Waals surface area (Å²) in [5.74, 6) is -0.326. The third kappa shape index (κ3) is 4.52. The van der Waals surface area contributed by atoms with Gasteiger partial charge in [0, 0.05) is 16.9 Å². The molecule has 0 atom stereocenters. The third-order valence-corrected chi connectivity index (χ3v) is 5.27. The van der Waals surface area contributed by atoms with Crippen LogP contribution in [0, 0.1) is 0 Å². The van der Waals surface area contributed by atoms with Crippen LogP contribution in [-0.4, -0.2) is 28.6 Å². The molecule has 2 aromatic carbocycles. The molecule has 0 aliphatic heterocycles. The van der Waals surface area contributed by atoms with Crippen molar-refractivity contribution in [3.05, 3.63) is 64.7 Å². The second-order valence-electron chi connectivity index (χ2n) is 4.83. The minimum Gasteiger partial charge on any atom is -0.497 e. The van der Waals surface area contributed by atoms with Gasteiger partial charge in [0.25, 0.3) is 0 Å². The molecule has 0 heterocycles. The number of anilines is 1. The molecule has 0 amide bonds. The number of rotatable bonds is 6. The van der Waals surface area contributed by atoms with Gasteiger partial charge in [0.05, 0.1) is 19.1 Å². The van der Waals surface area contributed by atoms with E-state index in [1.165, 1.54) is 31.4 Å². The lowest BCUT2D eigenvalue weighted by Crippen LogP contribution is -2.16. The van der Waals surface area contributed by atoms with Gasteiger partial charge in [0.2, 0.25) is 9.84 Å². The predicted octanol–water partition coefficient (Wildman–Crippen LogP) is 3.25. The molecular weight excluding hydrogens is 366 g/mol. The first kappa shape index (κ1) is 18.8. The van der Waals surface area contributed by atoms with Crippen LogP contribution in [0.4, 0.5) is 5.69 Å². The van der Waals surface area contributed by atoms with Crippen molar-refractivity contribution in [2.75, 3.05) is 19.5 Å². The fourth-order valence-electron chi connectivity index (χ4n) is 1.92. The molecule has 8 heteroatoms. The number of methoxy groups -OCH3 is 2. The first-order valence-corrected chi connectivity index (χ1v) is 8.94. The van der Waals surface area contributed by atoms with Gasteiger partial charge < -0.3 is 14.8 Å². The molecule has 0 saturated carbocycles. The summed E-state index contributed by atoms with van der Waals surface area (Å²) in [6.07, 6.45) is 1.09. The first-order valence-electron chi connectivity index (χ1n) is 7.08. The largest absolute Gasteiger partial charge is 0.497 e. The first-order chi connectivity index (χ1) is 11.9. The Bertz CT molecular complexity index is 874. The van der Waals surface area contributed by atoms with E-state index in [2.05, 4.69) is 10.1 Å². The van der Waals surface area contributed by atoms with Crippen molar-refractivity contribution in [1.82, 2.24) is 0 Å². The highest BCUT2D eigenvalue weighted by Gasteiger charge is 2.28. The number of halogens is 1. The van der Waals surface area contributed by atoms with Crippen molar-refractivity contribution in [2.24, 2.45) is 0 Å². The van der Waals surface area contributed by atoms with Crippen molar-refractivity contribution >= 4 is 33.1 Å².